The summed E-state index contributed by atoms with van der Waals surface area (Å²) < 4.78 is 31.1. The number of hydrogen-bond donors (Lipinski definition) is 1. The molecular weight excluding hydrogens is 308 g/mol. The first-order valence-electron chi connectivity index (χ1n) is 7.01. The summed E-state index contributed by atoms with van der Waals surface area (Å²) in [4.78, 5) is 31.9. The Hall–Kier alpha value is -2.77. The van der Waals surface area contributed by atoms with Crippen LogP contribution in [0.5, 0.6) is 5.75 Å². The maximum atomic E-state index is 13.1. The molecule has 23 heavy (non-hydrogen) atoms. The summed E-state index contributed by atoms with van der Waals surface area (Å²) in [5.74, 6) is -2.08. The largest absolute Gasteiger partial charge is 0.484 e. The first-order chi connectivity index (χ1) is 11.1. The smallest absolute Gasteiger partial charge is 0.266 e. The van der Waals surface area contributed by atoms with Crippen LogP contribution in [0.1, 0.15) is 12.0 Å². The molecule has 2 heterocycles. The van der Waals surface area contributed by atoms with Crippen LogP contribution >= 0.6 is 0 Å². The van der Waals surface area contributed by atoms with Gasteiger partial charge in [0.25, 0.3) is 11.5 Å². The molecular formula is C15H13F2N3O3. The molecule has 0 saturated carbocycles. The first-order valence-corrected chi connectivity index (χ1v) is 7.01. The molecule has 2 aromatic rings. The Bertz CT molecular complexity index is 807. The minimum absolute atomic E-state index is 0.0494. The maximum absolute atomic E-state index is 13.1. The number of aromatic amines is 1. The van der Waals surface area contributed by atoms with Gasteiger partial charge in [0.15, 0.2) is 18.2 Å². The summed E-state index contributed by atoms with van der Waals surface area (Å²) in [5.41, 5.74) is 0.189. The Morgan fingerprint density at radius 2 is 2.17 bits per heavy atom. The van der Waals surface area contributed by atoms with Gasteiger partial charge < -0.3 is 9.72 Å². The van der Waals surface area contributed by atoms with Gasteiger partial charge in [-0.05, 0) is 25.0 Å². The minimum atomic E-state index is -1.05. The van der Waals surface area contributed by atoms with Crippen molar-refractivity contribution in [3.8, 4) is 5.75 Å². The van der Waals surface area contributed by atoms with Gasteiger partial charge in [-0.25, -0.2) is 13.8 Å². The van der Waals surface area contributed by atoms with Crippen LogP contribution in [-0.4, -0.2) is 29.0 Å². The SMILES string of the molecule is O=C(COc1ccc(F)c(F)c1)N1CCCc2c1nc[nH]c2=O. The highest BCUT2D eigenvalue weighted by molar-refractivity contribution is 5.94. The van der Waals surface area contributed by atoms with Gasteiger partial charge in [0, 0.05) is 12.6 Å². The topological polar surface area (TPSA) is 75.3 Å². The molecule has 0 fully saturated rings. The predicted octanol–water partition coefficient (Wildman–Crippen LogP) is 1.41. The molecule has 1 aromatic heterocycles. The summed E-state index contributed by atoms with van der Waals surface area (Å²) in [6.45, 7) is 0.0580. The lowest BCUT2D eigenvalue weighted by molar-refractivity contribution is -0.120. The van der Waals surface area contributed by atoms with E-state index in [0.717, 1.165) is 12.1 Å². The van der Waals surface area contributed by atoms with Crippen LogP contribution in [0, 0.1) is 11.6 Å². The quantitative estimate of drug-likeness (QED) is 0.927. The van der Waals surface area contributed by atoms with Gasteiger partial charge in [-0.1, -0.05) is 0 Å². The number of ether oxygens (including phenoxy) is 1. The number of carbonyl (C=O) groups excluding carboxylic acids is 1. The number of nitrogens with zero attached hydrogens (tertiary/aromatic N) is 2. The number of nitrogens with one attached hydrogen (secondary N) is 1. The summed E-state index contributed by atoms with van der Waals surface area (Å²) >= 11 is 0. The van der Waals surface area contributed by atoms with E-state index < -0.39 is 17.5 Å². The maximum Gasteiger partial charge on any atom is 0.266 e. The van der Waals surface area contributed by atoms with E-state index in [1.54, 1.807) is 0 Å². The Morgan fingerprint density at radius 1 is 1.35 bits per heavy atom. The van der Waals surface area contributed by atoms with Crippen molar-refractivity contribution in [2.45, 2.75) is 12.8 Å². The number of hydrogen-bond acceptors (Lipinski definition) is 4. The second-order valence-electron chi connectivity index (χ2n) is 5.05. The van der Waals surface area contributed by atoms with E-state index >= 15 is 0 Å². The van der Waals surface area contributed by atoms with Crippen LogP contribution < -0.4 is 15.2 Å². The molecule has 0 spiro atoms. The van der Waals surface area contributed by atoms with Crippen molar-refractivity contribution in [1.29, 1.82) is 0 Å². The van der Waals surface area contributed by atoms with Gasteiger partial charge in [0.2, 0.25) is 0 Å². The number of rotatable bonds is 3. The zero-order chi connectivity index (χ0) is 16.4. The molecule has 120 valence electrons. The summed E-state index contributed by atoms with van der Waals surface area (Å²) in [7, 11) is 0. The normalized spacial score (nSPS) is 13.6. The third kappa shape index (κ3) is 3.05. The van der Waals surface area contributed by atoms with Crippen molar-refractivity contribution in [2.24, 2.45) is 0 Å². The van der Waals surface area contributed by atoms with Gasteiger partial charge in [-0.15, -0.1) is 0 Å². The van der Waals surface area contributed by atoms with Crippen LogP contribution in [-0.2, 0) is 11.2 Å². The number of benzene rings is 1. The Labute approximate surface area is 129 Å². The van der Waals surface area contributed by atoms with Gasteiger partial charge in [-0.2, -0.15) is 0 Å². The summed E-state index contributed by atoms with van der Waals surface area (Å²) in [6, 6.07) is 3.03. The standard InChI is InChI=1S/C15H13F2N3O3/c16-11-4-3-9(6-12(11)17)23-7-13(21)20-5-1-2-10-14(20)18-8-19-15(10)22/h3-4,6,8H,1-2,5,7H2,(H,18,19,22). The highest BCUT2D eigenvalue weighted by Crippen LogP contribution is 2.21. The molecule has 0 radical (unpaired) electrons. The average molecular weight is 321 g/mol. The number of amides is 1. The predicted molar refractivity (Wildman–Crippen MR) is 77.4 cm³/mol. The van der Waals surface area contributed by atoms with Crippen LogP contribution in [0.2, 0.25) is 0 Å². The molecule has 1 aliphatic rings. The second kappa shape index (κ2) is 6.15. The van der Waals surface area contributed by atoms with E-state index in [-0.39, 0.29) is 17.9 Å². The van der Waals surface area contributed by atoms with Crippen molar-refractivity contribution >= 4 is 11.7 Å². The third-order valence-corrected chi connectivity index (χ3v) is 3.55. The van der Waals surface area contributed by atoms with Crippen LogP contribution in [0.4, 0.5) is 14.6 Å². The second-order valence-corrected chi connectivity index (χ2v) is 5.05. The average Bonchev–Trinajstić information content (AvgIpc) is 2.55. The van der Waals surface area contributed by atoms with E-state index in [2.05, 4.69) is 9.97 Å². The highest BCUT2D eigenvalue weighted by atomic mass is 19.2. The molecule has 0 aliphatic carbocycles. The molecule has 0 saturated heterocycles. The molecule has 0 atom stereocenters. The molecule has 0 bridgehead atoms. The molecule has 1 N–H and O–H groups in total. The number of H-pyrrole nitrogens is 1. The molecule has 0 unspecified atom stereocenters. The fourth-order valence-electron chi connectivity index (χ4n) is 2.43. The molecule has 1 amide bonds. The van der Waals surface area contributed by atoms with Crippen LogP contribution in [0.25, 0.3) is 0 Å². The summed E-state index contributed by atoms with van der Waals surface area (Å²) in [5, 5.41) is 0. The van der Waals surface area contributed by atoms with E-state index in [1.807, 2.05) is 0 Å². The minimum Gasteiger partial charge on any atom is -0.484 e. The van der Waals surface area contributed by atoms with E-state index in [9.17, 15) is 18.4 Å². The van der Waals surface area contributed by atoms with E-state index in [4.69, 9.17) is 4.74 Å². The number of aromatic nitrogens is 2. The monoisotopic (exact) mass is 321 g/mol. The Kier molecular flexibility index (Phi) is 4.05. The molecule has 6 nitrogen and oxygen atoms in total. The number of carbonyl (C=O) groups is 1. The van der Waals surface area contributed by atoms with Crippen LogP contribution in [0.3, 0.4) is 0 Å². The summed E-state index contributed by atoms with van der Waals surface area (Å²) in [6.07, 6.45) is 2.42. The molecule has 1 aliphatic heterocycles. The van der Waals surface area contributed by atoms with Gasteiger partial charge >= 0.3 is 0 Å². The lowest BCUT2D eigenvalue weighted by Crippen LogP contribution is -2.41. The van der Waals surface area contributed by atoms with E-state index in [1.165, 1.54) is 17.3 Å². The van der Waals surface area contributed by atoms with Crippen molar-refractivity contribution < 1.29 is 18.3 Å². The first kappa shape index (κ1) is 15.1. The van der Waals surface area contributed by atoms with Crippen molar-refractivity contribution in [2.75, 3.05) is 18.1 Å². The van der Waals surface area contributed by atoms with E-state index in [0.29, 0.717) is 30.8 Å². The Balaban J connectivity index is 1.73. The highest BCUT2D eigenvalue weighted by Gasteiger charge is 2.26. The molecule has 3 rings (SSSR count). The number of fused-ring (bicyclic) bond motifs is 1. The number of halogens is 2. The van der Waals surface area contributed by atoms with Crippen LogP contribution in [0.15, 0.2) is 29.3 Å². The fourth-order valence-corrected chi connectivity index (χ4v) is 2.43. The zero-order valence-electron chi connectivity index (χ0n) is 12.0. The van der Waals surface area contributed by atoms with Gasteiger partial charge in [0.1, 0.15) is 11.6 Å². The number of anilines is 1. The van der Waals surface area contributed by atoms with Crippen molar-refractivity contribution in [3.63, 3.8) is 0 Å². The van der Waals surface area contributed by atoms with Crippen molar-refractivity contribution in [1.82, 2.24) is 9.97 Å². The lowest BCUT2D eigenvalue weighted by atomic mass is 10.1. The zero-order valence-corrected chi connectivity index (χ0v) is 12.0. The Morgan fingerprint density at radius 3 is 2.96 bits per heavy atom. The fraction of sp³-hybridized carbons (Fsp3) is 0.267. The molecule has 8 heteroatoms. The molecule has 1 aromatic carbocycles. The van der Waals surface area contributed by atoms with Crippen molar-refractivity contribution in [3.05, 3.63) is 52.1 Å². The lowest BCUT2D eigenvalue weighted by Gasteiger charge is -2.27. The van der Waals surface area contributed by atoms with Gasteiger partial charge in [0.05, 0.1) is 11.9 Å². The van der Waals surface area contributed by atoms with Gasteiger partial charge in [-0.3, -0.25) is 14.5 Å². The third-order valence-electron chi connectivity index (χ3n) is 3.55.